The quantitative estimate of drug-likeness (QED) is 0.777. The van der Waals surface area contributed by atoms with Gasteiger partial charge in [0.05, 0.1) is 6.10 Å². The molecule has 108 valence electrons. The van der Waals surface area contributed by atoms with E-state index in [1.807, 2.05) is 38.1 Å². The first-order valence-corrected chi connectivity index (χ1v) is 7.44. The number of carbonyl (C=O) groups is 1. The zero-order valence-corrected chi connectivity index (χ0v) is 12.8. The molecule has 1 aliphatic carbocycles. The Balaban J connectivity index is 1.87. The first-order valence-electron chi connectivity index (χ1n) is 7.44. The average molecular weight is 280 g/mol. The van der Waals surface area contributed by atoms with Crippen LogP contribution in [0, 0.1) is 20.8 Å². The highest BCUT2D eigenvalue weighted by Gasteiger charge is 2.23. The van der Waals surface area contributed by atoms with Crippen LogP contribution in [0.2, 0.25) is 0 Å². The second kappa shape index (κ2) is 5.36. The second-order valence-corrected chi connectivity index (χ2v) is 5.94. The van der Waals surface area contributed by atoms with Gasteiger partial charge >= 0.3 is 0 Å². The fourth-order valence-corrected chi connectivity index (χ4v) is 2.75. The number of carbonyl (C=O) groups excluding carboxylic acids is 1. The van der Waals surface area contributed by atoms with Crippen LogP contribution in [0.15, 0.2) is 36.4 Å². The Hall–Kier alpha value is -2.09. The number of ketones is 1. The van der Waals surface area contributed by atoms with Crippen LogP contribution in [0.25, 0.3) is 0 Å². The summed E-state index contributed by atoms with van der Waals surface area (Å²) in [4.78, 5) is 12.7. The van der Waals surface area contributed by atoms with Crippen molar-refractivity contribution in [1.29, 1.82) is 0 Å². The van der Waals surface area contributed by atoms with Crippen molar-refractivity contribution < 1.29 is 9.53 Å². The molecule has 1 aliphatic rings. The fraction of sp³-hybridized carbons (Fsp3) is 0.316. The number of ether oxygens (including phenoxy) is 1. The van der Waals surface area contributed by atoms with Crippen LogP contribution in [-0.2, 0) is 0 Å². The van der Waals surface area contributed by atoms with E-state index in [9.17, 15) is 4.79 Å². The molecular weight excluding hydrogens is 260 g/mol. The Bertz CT molecular complexity index is 656. The first kappa shape index (κ1) is 13.9. The minimum absolute atomic E-state index is 0.0861. The second-order valence-electron chi connectivity index (χ2n) is 5.94. The zero-order valence-electron chi connectivity index (χ0n) is 12.8. The lowest BCUT2D eigenvalue weighted by molar-refractivity contribution is 0.103. The van der Waals surface area contributed by atoms with E-state index >= 15 is 0 Å². The van der Waals surface area contributed by atoms with E-state index in [0.29, 0.717) is 11.7 Å². The average Bonchev–Trinajstić information content (AvgIpc) is 3.22. The maximum atomic E-state index is 12.7. The van der Waals surface area contributed by atoms with Crippen LogP contribution < -0.4 is 4.74 Å². The van der Waals surface area contributed by atoms with Crippen molar-refractivity contribution in [3.8, 4) is 5.75 Å². The third-order valence-electron chi connectivity index (χ3n) is 3.85. The van der Waals surface area contributed by atoms with Crippen LogP contribution in [0.4, 0.5) is 0 Å². The highest BCUT2D eigenvalue weighted by Crippen LogP contribution is 2.27. The Kier molecular flexibility index (Phi) is 3.54. The van der Waals surface area contributed by atoms with Gasteiger partial charge in [0.25, 0.3) is 0 Å². The third-order valence-corrected chi connectivity index (χ3v) is 3.85. The molecule has 0 bridgehead atoms. The Morgan fingerprint density at radius 3 is 2.10 bits per heavy atom. The maximum absolute atomic E-state index is 12.7. The van der Waals surface area contributed by atoms with E-state index < -0.39 is 0 Å². The van der Waals surface area contributed by atoms with E-state index in [4.69, 9.17) is 4.74 Å². The van der Waals surface area contributed by atoms with Gasteiger partial charge in [-0.05, 0) is 69.0 Å². The molecule has 0 saturated heterocycles. The van der Waals surface area contributed by atoms with Crippen molar-refractivity contribution in [2.45, 2.75) is 39.7 Å². The minimum Gasteiger partial charge on any atom is -0.490 e. The summed E-state index contributed by atoms with van der Waals surface area (Å²) in [5, 5.41) is 0. The summed E-state index contributed by atoms with van der Waals surface area (Å²) in [7, 11) is 0. The van der Waals surface area contributed by atoms with E-state index in [0.717, 1.165) is 35.3 Å². The van der Waals surface area contributed by atoms with Gasteiger partial charge in [0, 0.05) is 11.1 Å². The standard InChI is InChI=1S/C19H20O2/c1-12-10-13(2)18(14(3)11-12)19(20)15-4-6-16(7-5-15)21-17-8-9-17/h4-7,10-11,17H,8-9H2,1-3H3. The van der Waals surface area contributed by atoms with Crippen molar-refractivity contribution in [3.63, 3.8) is 0 Å². The topological polar surface area (TPSA) is 26.3 Å². The van der Waals surface area contributed by atoms with Crippen molar-refractivity contribution in [3.05, 3.63) is 64.2 Å². The van der Waals surface area contributed by atoms with E-state index in [1.54, 1.807) is 0 Å². The Morgan fingerprint density at radius 2 is 1.57 bits per heavy atom. The van der Waals surface area contributed by atoms with Crippen molar-refractivity contribution in [1.82, 2.24) is 0 Å². The van der Waals surface area contributed by atoms with Gasteiger partial charge in [-0.25, -0.2) is 0 Å². The Labute approximate surface area is 125 Å². The highest BCUT2D eigenvalue weighted by molar-refractivity contribution is 6.10. The number of hydrogen-bond acceptors (Lipinski definition) is 2. The van der Waals surface area contributed by atoms with Gasteiger partial charge in [0.1, 0.15) is 5.75 Å². The van der Waals surface area contributed by atoms with Gasteiger partial charge in [-0.1, -0.05) is 17.7 Å². The summed E-state index contributed by atoms with van der Waals surface area (Å²) in [6.45, 7) is 6.05. The molecule has 0 aliphatic heterocycles. The molecule has 0 unspecified atom stereocenters. The van der Waals surface area contributed by atoms with Gasteiger partial charge in [-0.15, -0.1) is 0 Å². The van der Waals surface area contributed by atoms with E-state index in [-0.39, 0.29) is 5.78 Å². The minimum atomic E-state index is 0.0861. The largest absolute Gasteiger partial charge is 0.490 e. The predicted molar refractivity (Wildman–Crippen MR) is 84.2 cm³/mol. The molecule has 0 atom stereocenters. The number of hydrogen-bond donors (Lipinski definition) is 0. The lowest BCUT2D eigenvalue weighted by atomic mass is 9.93. The molecule has 0 radical (unpaired) electrons. The molecule has 3 rings (SSSR count). The number of benzene rings is 2. The molecule has 0 amide bonds. The van der Waals surface area contributed by atoms with Crippen molar-refractivity contribution in [2.24, 2.45) is 0 Å². The SMILES string of the molecule is Cc1cc(C)c(C(=O)c2ccc(OC3CC3)cc2)c(C)c1. The number of aryl methyl sites for hydroxylation is 3. The lowest BCUT2D eigenvalue weighted by Gasteiger charge is -2.11. The predicted octanol–water partition coefficient (Wildman–Crippen LogP) is 4.38. The summed E-state index contributed by atoms with van der Waals surface area (Å²) < 4.78 is 5.72. The van der Waals surface area contributed by atoms with Crippen molar-refractivity contribution >= 4 is 5.78 Å². The summed E-state index contributed by atoms with van der Waals surface area (Å²) in [5.74, 6) is 0.939. The van der Waals surface area contributed by atoms with E-state index in [2.05, 4.69) is 19.1 Å². The molecular formula is C19H20O2. The van der Waals surface area contributed by atoms with Gasteiger partial charge in [0.15, 0.2) is 5.78 Å². The molecule has 2 aromatic carbocycles. The van der Waals surface area contributed by atoms with Gasteiger partial charge in [-0.3, -0.25) is 4.79 Å². The summed E-state index contributed by atoms with van der Waals surface area (Å²) in [6.07, 6.45) is 2.67. The van der Waals surface area contributed by atoms with E-state index in [1.165, 1.54) is 5.56 Å². The molecule has 2 aromatic rings. The molecule has 2 nitrogen and oxygen atoms in total. The van der Waals surface area contributed by atoms with Crippen LogP contribution in [0.1, 0.15) is 45.5 Å². The van der Waals surface area contributed by atoms with Crippen LogP contribution >= 0.6 is 0 Å². The normalized spacial score (nSPS) is 14.0. The molecule has 0 N–H and O–H groups in total. The molecule has 1 saturated carbocycles. The number of rotatable bonds is 4. The fourth-order valence-electron chi connectivity index (χ4n) is 2.75. The molecule has 21 heavy (non-hydrogen) atoms. The maximum Gasteiger partial charge on any atom is 0.193 e. The highest BCUT2D eigenvalue weighted by atomic mass is 16.5. The van der Waals surface area contributed by atoms with Crippen LogP contribution in [-0.4, -0.2) is 11.9 Å². The van der Waals surface area contributed by atoms with Crippen LogP contribution in [0.5, 0.6) is 5.75 Å². The molecule has 1 fully saturated rings. The summed E-state index contributed by atoms with van der Waals surface area (Å²) in [6, 6.07) is 11.6. The van der Waals surface area contributed by atoms with Crippen LogP contribution in [0.3, 0.4) is 0 Å². The molecule has 0 aromatic heterocycles. The van der Waals surface area contributed by atoms with Gasteiger partial charge < -0.3 is 4.74 Å². The lowest BCUT2D eigenvalue weighted by Crippen LogP contribution is -2.07. The monoisotopic (exact) mass is 280 g/mol. The molecule has 0 heterocycles. The molecule has 0 spiro atoms. The first-order chi connectivity index (χ1) is 10.0. The summed E-state index contributed by atoms with van der Waals surface area (Å²) in [5.41, 5.74) is 4.80. The third kappa shape index (κ3) is 2.99. The van der Waals surface area contributed by atoms with Gasteiger partial charge in [-0.2, -0.15) is 0 Å². The zero-order chi connectivity index (χ0) is 15.0. The summed E-state index contributed by atoms with van der Waals surface area (Å²) >= 11 is 0. The smallest absolute Gasteiger partial charge is 0.193 e. The Morgan fingerprint density at radius 1 is 1.00 bits per heavy atom. The van der Waals surface area contributed by atoms with Crippen molar-refractivity contribution in [2.75, 3.05) is 0 Å². The van der Waals surface area contributed by atoms with Gasteiger partial charge in [0.2, 0.25) is 0 Å². The molecule has 2 heteroatoms.